The number of nitrogens with zero attached hydrogens (tertiary/aromatic N) is 3. The fourth-order valence-corrected chi connectivity index (χ4v) is 4.60. The van der Waals surface area contributed by atoms with Gasteiger partial charge in [0.15, 0.2) is 11.6 Å². The highest BCUT2D eigenvalue weighted by Gasteiger charge is 2.42. The van der Waals surface area contributed by atoms with E-state index in [0.717, 1.165) is 21.6 Å². The second-order valence-electron chi connectivity index (χ2n) is 7.07. The molecule has 0 aliphatic rings. The van der Waals surface area contributed by atoms with Gasteiger partial charge in [0, 0.05) is 22.9 Å². The van der Waals surface area contributed by atoms with E-state index in [2.05, 4.69) is 14.8 Å². The van der Waals surface area contributed by atoms with Gasteiger partial charge in [-0.15, -0.1) is 11.3 Å². The first-order chi connectivity index (χ1) is 15.6. The molecule has 0 spiro atoms. The van der Waals surface area contributed by atoms with Gasteiger partial charge >= 0.3 is 6.11 Å². The minimum Gasteiger partial charge on any atom is -0.429 e. The van der Waals surface area contributed by atoms with Crippen molar-refractivity contribution in [2.45, 2.75) is 18.7 Å². The third-order valence-electron chi connectivity index (χ3n) is 4.85. The Bertz CT molecular complexity index is 1290. The summed E-state index contributed by atoms with van der Waals surface area (Å²) in [6.45, 7) is 1.88. The summed E-state index contributed by atoms with van der Waals surface area (Å²) in [5.41, 5.74) is -0.464. The maximum Gasteiger partial charge on any atom is 0.444 e. The fraction of sp³-hybridized carbons (Fsp3) is 0.182. The zero-order valence-corrected chi connectivity index (χ0v) is 19.5. The molecule has 0 N–H and O–H groups in total. The van der Waals surface area contributed by atoms with Crippen molar-refractivity contribution in [1.29, 1.82) is 0 Å². The lowest BCUT2D eigenvalue weighted by atomic mass is 10.1. The van der Waals surface area contributed by atoms with Crippen LogP contribution in [0, 0.1) is 12.7 Å². The molecule has 0 amide bonds. The highest BCUT2D eigenvalue weighted by atomic mass is 35.5. The molecule has 172 valence electrons. The maximum absolute atomic E-state index is 14.3. The zero-order valence-electron chi connectivity index (χ0n) is 17.1. The molecule has 0 aliphatic heterocycles. The Balaban J connectivity index is 1.65. The van der Waals surface area contributed by atoms with Crippen molar-refractivity contribution in [1.82, 2.24) is 14.8 Å². The number of hydrogen-bond donors (Lipinski definition) is 0. The smallest absolute Gasteiger partial charge is 0.429 e. The minimum absolute atomic E-state index is 0.119. The first-order valence-corrected chi connectivity index (χ1v) is 11.2. The second kappa shape index (κ2) is 8.96. The lowest BCUT2D eigenvalue weighted by Gasteiger charge is -2.17. The number of benzene rings is 2. The molecule has 1 atom stereocenters. The van der Waals surface area contributed by atoms with Crippen LogP contribution in [0.2, 0.25) is 5.02 Å². The number of hydrogen-bond acceptors (Lipinski definition) is 4. The van der Waals surface area contributed by atoms with Crippen LogP contribution in [-0.2, 0) is 7.05 Å². The van der Waals surface area contributed by atoms with E-state index in [9.17, 15) is 17.6 Å². The average Bonchev–Trinajstić information content (AvgIpc) is 3.30. The average molecular weight is 516 g/mol. The summed E-state index contributed by atoms with van der Waals surface area (Å²) in [5, 5.41) is 6.40. The standard InChI is InChI=1S/C22H15Cl2F4N3OS/c1-11-14(20-29-19(30-31(20)2)17-15(23)4-3-5-16(17)25)10-33-18(11)12-6-8-13(9-7-12)32-22(27,28)21(24)26/h3-10,21H,1-2H3. The summed E-state index contributed by atoms with van der Waals surface area (Å²) >= 11 is 12.4. The molecule has 0 bridgehead atoms. The van der Waals surface area contributed by atoms with Gasteiger partial charge in [0.1, 0.15) is 11.6 Å². The summed E-state index contributed by atoms with van der Waals surface area (Å²) in [7, 11) is 1.69. The molecule has 1 unspecified atom stereocenters. The third-order valence-corrected chi connectivity index (χ3v) is 6.55. The monoisotopic (exact) mass is 515 g/mol. The number of halogens is 6. The largest absolute Gasteiger partial charge is 0.444 e. The maximum atomic E-state index is 14.3. The van der Waals surface area contributed by atoms with Crippen molar-refractivity contribution in [3.05, 3.63) is 64.2 Å². The van der Waals surface area contributed by atoms with Crippen LogP contribution in [0.1, 0.15) is 5.56 Å². The number of aromatic nitrogens is 3. The molecule has 11 heteroatoms. The Morgan fingerprint density at radius 3 is 2.48 bits per heavy atom. The molecule has 0 saturated heterocycles. The topological polar surface area (TPSA) is 39.9 Å². The third kappa shape index (κ3) is 4.58. The lowest BCUT2D eigenvalue weighted by molar-refractivity contribution is -0.199. The van der Waals surface area contributed by atoms with Crippen molar-refractivity contribution in [2.24, 2.45) is 7.05 Å². The first-order valence-electron chi connectivity index (χ1n) is 9.47. The summed E-state index contributed by atoms with van der Waals surface area (Å²) in [6.07, 6.45) is -4.14. The summed E-state index contributed by atoms with van der Waals surface area (Å²) in [4.78, 5) is 5.35. The Kier molecular flexibility index (Phi) is 6.39. The van der Waals surface area contributed by atoms with Crippen LogP contribution in [0.4, 0.5) is 17.6 Å². The molecule has 0 aliphatic carbocycles. The fourth-order valence-electron chi connectivity index (χ4n) is 3.23. The SMILES string of the molecule is Cc1c(-c2nc(-c3c(F)cccc3Cl)nn2C)csc1-c1ccc(OC(F)(F)C(F)Cl)cc1. The number of alkyl halides is 4. The Labute approximate surface area is 200 Å². The summed E-state index contributed by atoms with van der Waals surface area (Å²) in [6, 6.07) is 10.1. The quantitative estimate of drug-likeness (QED) is 0.197. The van der Waals surface area contributed by atoms with E-state index in [-0.39, 0.29) is 22.2 Å². The number of thiophene rings is 1. The van der Waals surface area contributed by atoms with Crippen molar-refractivity contribution in [3.63, 3.8) is 0 Å². The van der Waals surface area contributed by atoms with Crippen molar-refractivity contribution < 1.29 is 22.3 Å². The van der Waals surface area contributed by atoms with Gasteiger partial charge in [-0.05, 0) is 54.4 Å². The predicted octanol–water partition coefficient (Wildman–Crippen LogP) is 7.48. The van der Waals surface area contributed by atoms with Crippen LogP contribution >= 0.6 is 34.5 Å². The van der Waals surface area contributed by atoms with Gasteiger partial charge in [-0.25, -0.2) is 18.4 Å². The van der Waals surface area contributed by atoms with E-state index in [4.69, 9.17) is 23.2 Å². The molecule has 0 fully saturated rings. The van der Waals surface area contributed by atoms with E-state index >= 15 is 0 Å². The van der Waals surface area contributed by atoms with Crippen LogP contribution in [0.3, 0.4) is 0 Å². The number of rotatable bonds is 6. The van der Waals surface area contributed by atoms with Crippen LogP contribution in [0.5, 0.6) is 5.75 Å². The van der Waals surface area contributed by atoms with Gasteiger partial charge in [0.05, 0.1) is 10.6 Å². The Morgan fingerprint density at radius 1 is 1.15 bits per heavy atom. The molecule has 4 aromatic rings. The molecule has 0 radical (unpaired) electrons. The van der Waals surface area contributed by atoms with Gasteiger partial charge in [0.25, 0.3) is 5.63 Å². The molecular formula is C22H15Cl2F4N3OS. The van der Waals surface area contributed by atoms with Crippen molar-refractivity contribution >= 4 is 34.5 Å². The van der Waals surface area contributed by atoms with E-state index < -0.39 is 17.6 Å². The first kappa shape index (κ1) is 23.5. The number of aryl methyl sites for hydroxylation is 1. The normalized spacial score (nSPS) is 12.7. The predicted molar refractivity (Wildman–Crippen MR) is 121 cm³/mol. The van der Waals surface area contributed by atoms with Crippen molar-refractivity contribution in [2.75, 3.05) is 0 Å². The molecular weight excluding hydrogens is 501 g/mol. The van der Waals surface area contributed by atoms with Gasteiger partial charge in [0.2, 0.25) is 0 Å². The molecule has 2 aromatic carbocycles. The Morgan fingerprint density at radius 2 is 1.85 bits per heavy atom. The molecule has 2 aromatic heterocycles. The molecule has 2 heterocycles. The highest BCUT2D eigenvalue weighted by molar-refractivity contribution is 7.14. The van der Waals surface area contributed by atoms with Gasteiger partial charge in [-0.2, -0.15) is 13.9 Å². The highest BCUT2D eigenvalue weighted by Crippen LogP contribution is 2.39. The van der Waals surface area contributed by atoms with Gasteiger partial charge < -0.3 is 4.74 Å². The molecule has 33 heavy (non-hydrogen) atoms. The van der Waals surface area contributed by atoms with Gasteiger partial charge in [-0.3, -0.25) is 0 Å². The van der Waals surface area contributed by atoms with Crippen LogP contribution in [0.25, 0.3) is 33.2 Å². The van der Waals surface area contributed by atoms with E-state index in [1.807, 2.05) is 12.3 Å². The zero-order chi connectivity index (χ0) is 23.9. The van der Waals surface area contributed by atoms with Crippen LogP contribution < -0.4 is 4.74 Å². The summed E-state index contributed by atoms with van der Waals surface area (Å²) in [5.74, 6) is -0.0691. The number of ether oxygens (including phenoxy) is 1. The summed E-state index contributed by atoms with van der Waals surface area (Å²) < 4.78 is 59.6. The minimum atomic E-state index is -4.14. The van der Waals surface area contributed by atoms with Gasteiger partial charge in [-0.1, -0.05) is 29.3 Å². The Hall–Kier alpha value is -2.62. The molecule has 4 nitrogen and oxygen atoms in total. The molecule has 4 rings (SSSR count). The van der Waals surface area contributed by atoms with Crippen LogP contribution in [0.15, 0.2) is 47.8 Å². The lowest BCUT2D eigenvalue weighted by Crippen LogP contribution is -2.32. The van der Waals surface area contributed by atoms with Crippen molar-refractivity contribution in [3.8, 4) is 39.0 Å². The second-order valence-corrected chi connectivity index (χ2v) is 8.74. The van der Waals surface area contributed by atoms with E-state index in [1.54, 1.807) is 25.2 Å². The van der Waals surface area contributed by atoms with E-state index in [1.165, 1.54) is 40.3 Å². The molecule has 0 saturated carbocycles. The van der Waals surface area contributed by atoms with Crippen LogP contribution in [-0.4, -0.2) is 26.5 Å². The van der Waals surface area contributed by atoms with E-state index in [0.29, 0.717) is 5.82 Å².